The molecule has 0 heterocycles. The fraction of sp³-hybridized carbons (Fsp3) is 0.462. The van der Waals surface area contributed by atoms with Crippen molar-refractivity contribution < 1.29 is 9.53 Å². The fourth-order valence-electron chi connectivity index (χ4n) is 1.47. The van der Waals surface area contributed by atoms with Gasteiger partial charge in [-0.25, -0.2) is 0 Å². The molecule has 0 radical (unpaired) electrons. The molecule has 0 saturated carbocycles. The molecule has 0 bridgehead atoms. The third-order valence-electron chi connectivity index (χ3n) is 2.28. The van der Waals surface area contributed by atoms with E-state index >= 15 is 0 Å². The second kappa shape index (κ2) is 7.29. The van der Waals surface area contributed by atoms with Crippen molar-refractivity contribution in [1.29, 1.82) is 0 Å². The molecule has 1 aromatic rings. The molecule has 1 rings (SSSR count). The lowest BCUT2D eigenvalue weighted by atomic mass is 10.1. The maximum atomic E-state index is 11.2. The summed E-state index contributed by atoms with van der Waals surface area (Å²) >= 11 is 5.63. The van der Waals surface area contributed by atoms with Crippen molar-refractivity contribution in [2.75, 3.05) is 12.5 Å². The van der Waals surface area contributed by atoms with E-state index in [1.165, 1.54) is 5.56 Å². The van der Waals surface area contributed by atoms with E-state index < -0.39 is 0 Å². The van der Waals surface area contributed by atoms with Crippen LogP contribution in [0.25, 0.3) is 0 Å². The zero-order valence-corrected chi connectivity index (χ0v) is 10.3. The molecule has 0 fully saturated rings. The summed E-state index contributed by atoms with van der Waals surface area (Å²) in [6.45, 7) is 2.25. The maximum absolute atomic E-state index is 11.2. The number of benzene rings is 1. The van der Waals surface area contributed by atoms with E-state index in [2.05, 4.69) is 0 Å². The largest absolute Gasteiger partial charge is 0.466 e. The summed E-state index contributed by atoms with van der Waals surface area (Å²) in [5.41, 5.74) is 2.25. The molecule has 0 aliphatic carbocycles. The Hall–Kier alpha value is -1.02. The monoisotopic (exact) mass is 240 g/mol. The average Bonchev–Trinajstić information content (AvgIpc) is 2.28. The molecular formula is C13H17ClO2. The number of hydrogen-bond acceptors (Lipinski definition) is 2. The van der Waals surface area contributed by atoms with Gasteiger partial charge in [-0.05, 0) is 30.9 Å². The summed E-state index contributed by atoms with van der Waals surface area (Å²) in [6, 6.07) is 8.03. The van der Waals surface area contributed by atoms with Crippen molar-refractivity contribution in [2.45, 2.75) is 26.2 Å². The Bertz CT molecular complexity index is 319. The van der Waals surface area contributed by atoms with Gasteiger partial charge in [-0.1, -0.05) is 24.3 Å². The lowest BCUT2D eigenvalue weighted by molar-refractivity contribution is -0.142. The van der Waals surface area contributed by atoms with Crippen molar-refractivity contribution in [1.82, 2.24) is 0 Å². The molecule has 0 aliphatic heterocycles. The van der Waals surface area contributed by atoms with E-state index in [0.29, 0.717) is 18.9 Å². The Morgan fingerprint density at radius 2 is 1.88 bits per heavy atom. The van der Waals surface area contributed by atoms with Crippen LogP contribution in [0.2, 0.25) is 0 Å². The predicted molar refractivity (Wildman–Crippen MR) is 65.8 cm³/mol. The molecule has 0 aliphatic rings. The van der Waals surface area contributed by atoms with E-state index in [1.807, 2.05) is 31.2 Å². The van der Waals surface area contributed by atoms with Gasteiger partial charge < -0.3 is 4.74 Å². The van der Waals surface area contributed by atoms with Gasteiger partial charge in [0.05, 0.1) is 13.0 Å². The minimum Gasteiger partial charge on any atom is -0.466 e. The molecule has 0 spiro atoms. The quantitative estimate of drug-likeness (QED) is 0.565. The van der Waals surface area contributed by atoms with Gasteiger partial charge in [-0.15, -0.1) is 11.6 Å². The van der Waals surface area contributed by atoms with Crippen LogP contribution < -0.4 is 0 Å². The second-order valence-electron chi connectivity index (χ2n) is 3.59. The third kappa shape index (κ3) is 4.67. The van der Waals surface area contributed by atoms with Crippen LogP contribution in [-0.2, 0) is 22.4 Å². The highest BCUT2D eigenvalue weighted by molar-refractivity contribution is 6.17. The Labute approximate surface area is 102 Å². The van der Waals surface area contributed by atoms with Gasteiger partial charge in [0.25, 0.3) is 0 Å². The molecule has 0 amide bonds. The number of carbonyl (C=O) groups is 1. The van der Waals surface area contributed by atoms with Crippen molar-refractivity contribution in [3.63, 3.8) is 0 Å². The van der Waals surface area contributed by atoms with Crippen LogP contribution in [0.15, 0.2) is 24.3 Å². The first-order valence-electron chi connectivity index (χ1n) is 5.55. The zero-order valence-electron chi connectivity index (χ0n) is 9.54. The maximum Gasteiger partial charge on any atom is 0.310 e. The highest BCUT2D eigenvalue weighted by Crippen LogP contribution is 2.08. The Balaban J connectivity index is 2.47. The lowest BCUT2D eigenvalue weighted by Gasteiger charge is -2.03. The first kappa shape index (κ1) is 13.0. The highest BCUT2D eigenvalue weighted by Gasteiger charge is 2.03. The molecule has 0 unspecified atom stereocenters. The van der Waals surface area contributed by atoms with Gasteiger partial charge in [0, 0.05) is 5.88 Å². The summed E-state index contributed by atoms with van der Waals surface area (Å²) in [5, 5.41) is 0. The molecule has 3 heteroatoms. The van der Waals surface area contributed by atoms with Gasteiger partial charge in [0.1, 0.15) is 0 Å². The smallest absolute Gasteiger partial charge is 0.310 e. The van der Waals surface area contributed by atoms with E-state index in [4.69, 9.17) is 16.3 Å². The SMILES string of the molecule is CCOC(=O)Cc1ccc(CCCCl)cc1. The summed E-state index contributed by atoms with van der Waals surface area (Å²) in [5.74, 6) is 0.515. The number of halogens is 1. The summed E-state index contributed by atoms with van der Waals surface area (Å²) in [4.78, 5) is 11.2. The van der Waals surface area contributed by atoms with Crippen LogP contribution in [0, 0.1) is 0 Å². The Morgan fingerprint density at radius 3 is 2.44 bits per heavy atom. The number of alkyl halides is 1. The molecule has 88 valence electrons. The molecule has 0 atom stereocenters. The summed E-state index contributed by atoms with van der Waals surface area (Å²) < 4.78 is 4.88. The van der Waals surface area contributed by atoms with Crippen molar-refractivity contribution in [3.05, 3.63) is 35.4 Å². The van der Waals surface area contributed by atoms with Crippen molar-refractivity contribution in [3.8, 4) is 0 Å². The number of aryl methyl sites for hydroxylation is 1. The van der Waals surface area contributed by atoms with E-state index in [-0.39, 0.29) is 5.97 Å². The van der Waals surface area contributed by atoms with Crippen LogP contribution in [0.5, 0.6) is 0 Å². The van der Waals surface area contributed by atoms with Crippen LogP contribution in [0.1, 0.15) is 24.5 Å². The zero-order chi connectivity index (χ0) is 11.8. The Morgan fingerprint density at radius 1 is 1.25 bits per heavy atom. The first-order chi connectivity index (χ1) is 7.76. The summed E-state index contributed by atoms with van der Waals surface area (Å²) in [6.07, 6.45) is 2.32. The predicted octanol–water partition coefficient (Wildman–Crippen LogP) is 2.96. The first-order valence-corrected chi connectivity index (χ1v) is 6.09. The van der Waals surface area contributed by atoms with E-state index in [9.17, 15) is 4.79 Å². The number of hydrogen-bond donors (Lipinski definition) is 0. The van der Waals surface area contributed by atoms with E-state index in [1.54, 1.807) is 0 Å². The molecule has 0 aromatic heterocycles. The molecule has 2 nitrogen and oxygen atoms in total. The third-order valence-corrected chi connectivity index (χ3v) is 2.54. The average molecular weight is 241 g/mol. The van der Waals surface area contributed by atoms with E-state index in [0.717, 1.165) is 18.4 Å². The number of rotatable bonds is 6. The van der Waals surface area contributed by atoms with Crippen LogP contribution in [-0.4, -0.2) is 18.5 Å². The number of ether oxygens (including phenoxy) is 1. The topological polar surface area (TPSA) is 26.3 Å². The van der Waals surface area contributed by atoms with Crippen molar-refractivity contribution >= 4 is 17.6 Å². The fourth-order valence-corrected chi connectivity index (χ4v) is 1.61. The number of carbonyl (C=O) groups excluding carboxylic acids is 1. The van der Waals surface area contributed by atoms with Crippen LogP contribution in [0.3, 0.4) is 0 Å². The van der Waals surface area contributed by atoms with Gasteiger partial charge >= 0.3 is 5.97 Å². The number of esters is 1. The molecule has 1 aromatic carbocycles. The molecule has 16 heavy (non-hydrogen) atoms. The van der Waals surface area contributed by atoms with Gasteiger partial charge in [-0.2, -0.15) is 0 Å². The minimum absolute atomic E-state index is 0.170. The van der Waals surface area contributed by atoms with Crippen molar-refractivity contribution in [2.24, 2.45) is 0 Å². The second-order valence-corrected chi connectivity index (χ2v) is 3.97. The molecular weight excluding hydrogens is 224 g/mol. The van der Waals surface area contributed by atoms with Gasteiger partial charge in [0.2, 0.25) is 0 Å². The molecule has 0 saturated heterocycles. The Kier molecular flexibility index (Phi) is 5.94. The summed E-state index contributed by atoms with van der Waals surface area (Å²) in [7, 11) is 0. The minimum atomic E-state index is -0.170. The molecule has 0 N–H and O–H groups in total. The van der Waals surface area contributed by atoms with Gasteiger partial charge in [-0.3, -0.25) is 4.79 Å². The van der Waals surface area contributed by atoms with Crippen LogP contribution in [0.4, 0.5) is 0 Å². The normalized spacial score (nSPS) is 10.1. The van der Waals surface area contributed by atoms with Gasteiger partial charge in [0.15, 0.2) is 0 Å². The standard InChI is InChI=1S/C13H17ClO2/c1-2-16-13(15)10-12-7-5-11(6-8-12)4-3-9-14/h5-8H,2-4,9-10H2,1H3. The lowest BCUT2D eigenvalue weighted by Crippen LogP contribution is -2.07. The van der Waals surface area contributed by atoms with Crippen LogP contribution >= 0.6 is 11.6 Å². The highest BCUT2D eigenvalue weighted by atomic mass is 35.5.